The lowest BCUT2D eigenvalue weighted by Crippen LogP contribution is -2.51. The molecule has 308 valence electrons. The highest BCUT2D eigenvalue weighted by Gasteiger charge is 2.36. The molecule has 2 aromatic heterocycles. The molecular weight excluding hydrogens is 754 g/mol. The van der Waals surface area contributed by atoms with Gasteiger partial charge in [0, 0.05) is 55.2 Å². The number of alkyl carbamates (subject to hydrolysis) is 1. The van der Waals surface area contributed by atoms with Crippen molar-refractivity contribution in [3.63, 3.8) is 0 Å². The van der Waals surface area contributed by atoms with Crippen LogP contribution >= 0.6 is 0 Å². The van der Waals surface area contributed by atoms with Crippen molar-refractivity contribution in [3.05, 3.63) is 47.7 Å². The third kappa shape index (κ3) is 8.72. The molecule has 4 unspecified atom stereocenters. The van der Waals surface area contributed by atoms with Gasteiger partial charge in [-0.15, -0.1) is 6.42 Å². The number of anilines is 1. The average molecular weight is 803 g/mol. The van der Waals surface area contributed by atoms with Gasteiger partial charge in [0.05, 0.1) is 24.1 Å². The molecule has 5 atom stereocenters. The van der Waals surface area contributed by atoms with Crippen molar-refractivity contribution in [3.8, 4) is 35.4 Å². The van der Waals surface area contributed by atoms with E-state index in [-0.39, 0.29) is 69.2 Å². The van der Waals surface area contributed by atoms with Crippen LogP contribution in [-0.2, 0) is 14.3 Å². The number of fused-ring (bicyclic) bond motifs is 3. The number of rotatable bonds is 9. The predicted octanol–water partition coefficient (Wildman–Crippen LogP) is 7.42. The maximum absolute atomic E-state index is 16.5. The zero-order valence-corrected chi connectivity index (χ0v) is 33.0. The summed E-state index contributed by atoms with van der Waals surface area (Å²) in [5, 5.41) is 14.3. The minimum Gasteiger partial charge on any atom is -0.508 e. The number of nitrogens with one attached hydrogen (secondary N) is 1. The molecule has 1 saturated carbocycles. The number of ether oxygens (including phenoxy) is 3. The van der Waals surface area contributed by atoms with Crippen LogP contribution in [0.4, 0.5) is 23.8 Å². The summed E-state index contributed by atoms with van der Waals surface area (Å²) in [6.07, 6.45) is 12.3. The smallest absolute Gasteiger partial charge is 0.410 e. The maximum Gasteiger partial charge on any atom is 0.410 e. The number of hydrogen-bond donors (Lipinski definition) is 2. The number of piperidine rings is 1. The van der Waals surface area contributed by atoms with E-state index in [1.807, 2.05) is 18.7 Å². The van der Waals surface area contributed by atoms with Gasteiger partial charge in [0.15, 0.2) is 5.82 Å². The van der Waals surface area contributed by atoms with Crippen LogP contribution in [0.1, 0.15) is 77.2 Å². The zero-order chi connectivity index (χ0) is 41.1. The number of aromatic nitrogens is 3. The highest BCUT2D eigenvalue weighted by Crippen LogP contribution is 2.39. The van der Waals surface area contributed by atoms with E-state index in [9.17, 15) is 23.5 Å². The Morgan fingerprint density at radius 1 is 1.09 bits per heavy atom. The van der Waals surface area contributed by atoms with Crippen LogP contribution < -0.4 is 15.0 Å². The van der Waals surface area contributed by atoms with Gasteiger partial charge in [-0.1, -0.05) is 32.3 Å². The first-order valence-electron chi connectivity index (χ1n) is 20.1. The van der Waals surface area contributed by atoms with Crippen molar-refractivity contribution in [2.45, 2.75) is 96.2 Å². The second kappa shape index (κ2) is 17.6. The second-order valence-electron chi connectivity index (χ2n) is 15.8. The number of methoxy groups -OCH3 is 1. The Bertz CT molecular complexity index is 2200. The lowest BCUT2D eigenvalue weighted by Gasteiger charge is -2.38. The number of phenolic OH excluding ortho intramolecular Hbond substituents is 1. The Hall–Kier alpha value is -5.36. The van der Waals surface area contributed by atoms with E-state index < -0.39 is 36.2 Å². The van der Waals surface area contributed by atoms with Crippen LogP contribution in [0.5, 0.6) is 11.8 Å². The number of benzene rings is 2. The van der Waals surface area contributed by atoms with Crippen LogP contribution in [0.25, 0.3) is 32.9 Å². The van der Waals surface area contributed by atoms with Gasteiger partial charge in [-0.2, -0.15) is 9.97 Å². The van der Waals surface area contributed by atoms with Gasteiger partial charge in [0.25, 0.3) is 6.29 Å². The maximum atomic E-state index is 16.5. The molecule has 0 radical (unpaired) electrons. The number of amides is 1. The molecule has 4 aromatic rings. The first-order valence-corrected chi connectivity index (χ1v) is 20.1. The molecule has 5 heterocycles. The fraction of sp³-hybridized carbons (Fsp3) is 0.512. The Morgan fingerprint density at radius 2 is 1.90 bits per heavy atom. The minimum atomic E-state index is -0.944. The number of esters is 1. The molecule has 58 heavy (non-hydrogen) atoms. The topological polar surface area (TPSA) is 139 Å². The first kappa shape index (κ1) is 40.8. The number of nitrogens with zero attached hydrogens (tertiary/aromatic N) is 5. The molecule has 2 N–H and O–H groups in total. The van der Waals surface area contributed by atoms with E-state index >= 15 is 4.39 Å². The molecule has 2 aromatic carbocycles. The van der Waals surface area contributed by atoms with Crippen LogP contribution in [0, 0.1) is 35.8 Å². The molecule has 4 aliphatic rings. The van der Waals surface area contributed by atoms with E-state index in [4.69, 9.17) is 20.6 Å². The number of aromatic hydroxyl groups is 1. The highest BCUT2D eigenvalue weighted by atomic mass is 19.1. The average Bonchev–Trinajstić information content (AvgIpc) is 3.75. The summed E-state index contributed by atoms with van der Waals surface area (Å²) >= 11 is 0. The Labute approximate surface area is 335 Å². The first-order chi connectivity index (χ1) is 28.0. The molecule has 1 aliphatic carbocycles. The quantitative estimate of drug-likeness (QED) is 0.0993. The fourth-order valence-electron chi connectivity index (χ4n) is 8.58. The molecular formula is C43H49F3N6O6. The predicted molar refractivity (Wildman–Crippen MR) is 212 cm³/mol. The number of terminal acetylenes is 1. The third-order valence-corrected chi connectivity index (χ3v) is 11.5. The molecule has 12 nitrogen and oxygen atoms in total. The van der Waals surface area contributed by atoms with Crippen molar-refractivity contribution in [1.82, 2.24) is 25.2 Å². The van der Waals surface area contributed by atoms with E-state index in [0.717, 1.165) is 32.2 Å². The zero-order valence-electron chi connectivity index (χ0n) is 33.0. The van der Waals surface area contributed by atoms with Crippen molar-refractivity contribution in [2.75, 3.05) is 38.2 Å². The molecule has 8 rings (SSSR count). The molecule has 15 heteroatoms. The largest absolute Gasteiger partial charge is 0.508 e. The van der Waals surface area contributed by atoms with Gasteiger partial charge in [0.2, 0.25) is 0 Å². The minimum absolute atomic E-state index is 0.0320. The third-order valence-electron chi connectivity index (χ3n) is 11.5. The number of pyridine rings is 1. The summed E-state index contributed by atoms with van der Waals surface area (Å²) in [7, 11) is 1.36. The number of phenols is 1. The molecule has 1 amide bonds. The van der Waals surface area contributed by atoms with E-state index in [2.05, 4.69) is 31.1 Å². The summed E-state index contributed by atoms with van der Waals surface area (Å²) in [4.78, 5) is 42.7. The van der Waals surface area contributed by atoms with Crippen LogP contribution in [0.15, 0.2) is 30.5 Å². The van der Waals surface area contributed by atoms with Gasteiger partial charge in [0.1, 0.15) is 34.8 Å². The molecule has 3 saturated heterocycles. The molecule has 3 aliphatic heterocycles. The summed E-state index contributed by atoms with van der Waals surface area (Å²) in [5.41, 5.74) is -0.304. The molecule has 0 spiro atoms. The van der Waals surface area contributed by atoms with Crippen LogP contribution in [0.3, 0.4) is 0 Å². The number of alkyl halides is 1. The fourth-order valence-corrected chi connectivity index (χ4v) is 8.58. The van der Waals surface area contributed by atoms with E-state index in [1.165, 1.54) is 50.4 Å². The van der Waals surface area contributed by atoms with E-state index in [1.54, 1.807) is 0 Å². The van der Waals surface area contributed by atoms with Crippen LogP contribution in [0.2, 0.25) is 0 Å². The normalized spacial score (nSPS) is 22.3. The molecule has 0 bridgehead atoms. The standard InChI is InChI=1S/C36H37F2N5O6.C7H12FN/c1-5-8-28(45)48-34(20-9-7-10-20)49-36(46)40-22-13-19(3)17-43(18-22)33-26-16-39-31(30(38)32(26)41-35(42-33)47-4)25-15-23(44)14-21-11-12-27(37)24(6-2)29(21)25;8-6-4-7-2-1-3-9(7)5-6/h2,11-12,14-16,19-20,22,34,44H,5,7-10,13,17-18H2,1,3-4H3,(H,40,46);6-7H,1-5H2/t;6-,7?/m.1/s1. The Kier molecular flexibility index (Phi) is 12.4. The number of carbonyl (C=O) groups excluding carboxylic acids is 2. The Morgan fingerprint density at radius 3 is 2.60 bits per heavy atom. The van der Waals surface area contributed by atoms with E-state index in [0.29, 0.717) is 49.7 Å². The monoisotopic (exact) mass is 802 g/mol. The summed E-state index contributed by atoms with van der Waals surface area (Å²) in [5.74, 6) is 0.610. The second-order valence-corrected chi connectivity index (χ2v) is 15.8. The lowest BCUT2D eigenvalue weighted by atomic mass is 9.85. The summed E-state index contributed by atoms with van der Waals surface area (Å²) < 4.78 is 60.4. The lowest BCUT2D eigenvalue weighted by molar-refractivity contribution is -0.182. The van der Waals surface area contributed by atoms with Gasteiger partial charge < -0.3 is 29.5 Å². The van der Waals surface area contributed by atoms with Gasteiger partial charge in [-0.25, -0.2) is 18.0 Å². The van der Waals surface area contributed by atoms with Crippen molar-refractivity contribution in [2.24, 2.45) is 11.8 Å². The van der Waals surface area contributed by atoms with Gasteiger partial charge >= 0.3 is 18.1 Å². The summed E-state index contributed by atoms with van der Waals surface area (Å²) in [6.45, 7) is 6.56. The number of carbonyl (C=O) groups is 2. The number of hydrogen-bond acceptors (Lipinski definition) is 11. The van der Waals surface area contributed by atoms with Crippen molar-refractivity contribution < 1.29 is 42.1 Å². The van der Waals surface area contributed by atoms with Crippen molar-refractivity contribution >= 4 is 39.6 Å². The summed E-state index contributed by atoms with van der Waals surface area (Å²) in [6, 6.07) is 5.45. The molecule has 4 fully saturated rings. The van der Waals surface area contributed by atoms with Gasteiger partial charge in [-0.3, -0.25) is 14.7 Å². The van der Waals surface area contributed by atoms with Crippen LogP contribution in [-0.4, -0.2) is 94.9 Å². The van der Waals surface area contributed by atoms with Gasteiger partial charge in [-0.05, 0) is 81.0 Å². The van der Waals surface area contributed by atoms with Crippen molar-refractivity contribution in [1.29, 1.82) is 0 Å². The Balaban J connectivity index is 0.000000496. The highest BCUT2D eigenvalue weighted by molar-refractivity contribution is 6.03. The number of halogens is 3. The SMILES string of the molecule is C#Cc1c(F)ccc2cc(O)cc(-c3ncc4c(N5CC(C)CC(NC(=O)OC(OC(=O)CCC)C6CCC6)C5)nc(OC)nc4c3F)c12.F[C@@H]1CC2CCCN2C1.